The van der Waals surface area contributed by atoms with Gasteiger partial charge in [0.1, 0.15) is 5.75 Å². The van der Waals surface area contributed by atoms with Crippen molar-refractivity contribution in [2.24, 2.45) is 5.92 Å². The van der Waals surface area contributed by atoms with Gasteiger partial charge in [0, 0.05) is 6.54 Å². The summed E-state index contributed by atoms with van der Waals surface area (Å²) in [5, 5.41) is 3.13. The highest BCUT2D eigenvalue weighted by atomic mass is 16.5. The maximum absolute atomic E-state index is 5.67. The van der Waals surface area contributed by atoms with Gasteiger partial charge in [-0.1, -0.05) is 25.0 Å². The Hall–Kier alpha value is -1.02. The van der Waals surface area contributed by atoms with Gasteiger partial charge in [-0.3, -0.25) is 0 Å². The van der Waals surface area contributed by atoms with Crippen molar-refractivity contribution < 1.29 is 4.74 Å². The lowest BCUT2D eigenvalue weighted by Crippen LogP contribution is -2.04. The molecule has 0 amide bonds. The quantitative estimate of drug-likeness (QED) is 0.770. The maximum atomic E-state index is 5.67. The van der Waals surface area contributed by atoms with Crippen molar-refractivity contribution in [1.29, 1.82) is 0 Å². The topological polar surface area (TPSA) is 21.3 Å². The second kappa shape index (κ2) is 5.17. The molecule has 2 heteroatoms. The van der Waals surface area contributed by atoms with Crippen molar-refractivity contribution >= 4 is 0 Å². The van der Waals surface area contributed by atoms with Crippen LogP contribution < -0.4 is 10.1 Å². The molecule has 1 saturated carbocycles. The Kier molecular flexibility index (Phi) is 3.62. The zero-order valence-corrected chi connectivity index (χ0v) is 9.33. The van der Waals surface area contributed by atoms with Gasteiger partial charge in [0.25, 0.3) is 0 Å². The Labute approximate surface area is 91.6 Å². The summed E-state index contributed by atoms with van der Waals surface area (Å²) in [6.45, 7) is 1.79. The zero-order valence-electron chi connectivity index (χ0n) is 9.33. The summed E-state index contributed by atoms with van der Waals surface area (Å²) in [5.41, 5.74) is 1.30. The number of nitrogens with one attached hydrogen (secondary N) is 1. The fraction of sp³-hybridized carbons (Fsp3) is 0.538. The molecular weight excluding hydrogens is 186 g/mol. The molecule has 15 heavy (non-hydrogen) atoms. The number of benzene rings is 1. The van der Waals surface area contributed by atoms with E-state index in [-0.39, 0.29) is 0 Å². The molecule has 0 spiro atoms. The third-order valence-electron chi connectivity index (χ3n) is 2.80. The molecule has 1 fully saturated rings. The second-order valence-electron chi connectivity index (χ2n) is 4.25. The first-order valence-electron chi connectivity index (χ1n) is 5.75. The van der Waals surface area contributed by atoms with Crippen LogP contribution in [0.25, 0.3) is 0 Å². The van der Waals surface area contributed by atoms with E-state index in [0.29, 0.717) is 0 Å². The third-order valence-corrected chi connectivity index (χ3v) is 2.80. The summed E-state index contributed by atoms with van der Waals surface area (Å²) < 4.78 is 5.67. The summed E-state index contributed by atoms with van der Waals surface area (Å²) in [7, 11) is 1.96. The van der Waals surface area contributed by atoms with Crippen LogP contribution in [0.4, 0.5) is 0 Å². The molecule has 1 aromatic carbocycles. The number of hydrogen-bond donors (Lipinski definition) is 1. The van der Waals surface area contributed by atoms with E-state index >= 15 is 0 Å². The predicted molar refractivity (Wildman–Crippen MR) is 62.0 cm³/mol. The van der Waals surface area contributed by atoms with E-state index in [1.807, 2.05) is 7.05 Å². The first-order chi connectivity index (χ1) is 7.38. The van der Waals surface area contributed by atoms with Crippen LogP contribution in [0.15, 0.2) is 24.3 Å². The minimum absolute atomic E-state index is 0.871. The highest BCUT2D eigenvalue weighted by molar-refractivity contribution is 5.27. The van der Waals surface area contributed by atoms with Gasteiger partial charge in [-0.2, -0.15) is 0 Å². The summed E-state index contributed by atoms with van der Waals surface area (Å²) in [6, 6.07) is 8.34. The maximum Gasteiger partial charge on any atom is 0.119 e. The molecule has 0 aromatic heterocycles. The van der Waals surface area contributed by atoms with Crippen molar-refractivity contribution in [1.82, 2.24) is 5.32 Å². The predicted octanol–water partition coefficient (Wildman–Crippen LogP) is 2.58. The lowest BCUT2D eigenvalue weighted by molar-refractivity contribution is 0.302. The first kappa shape index (κ1) is 10.5. The van der Waals surface area contributed by atoms with Crippen molar-refractivity contribution in [3.8, 4) is 5.75 Å². The molecule has 0 heterocycles. The van der Waals surface area contributed by atoms with Crippen LogP contribution in [0, 0.1) is 5.92 Å². The van der Waals surface area contributed by atoms with Gasteiger partial charge in [0.05, 0.1) is 6.61 Å². The van der Waals surface area contributed by atoms with Gasteiger partial charge in [-0.05, 0) is 37.1 Å². The van der Waals surface area contributed by atoms with Gasteiger partial charge < -0.3 is 10.1 Å². The summed E-state index contributed by atoms with van der Waals surface area (Å²) in [4.78, 5) is 0. The van der Waals surface area contributed by atoms with Crippen molar-refractivity contribution in [2.75, 3.05) is 13.7 Å². The molecule has 0 unspecified atom stereocenters. The average molecular weight is 205 g/mol. The Morgan fingerprint density at radius 3 is 2.60 bits per heavy atom. The molecule has 0 saturated heterocycles. The van der Waals surface area contributed by atoms with Crippen molar-refractivity contribution in [2.45, 2.75) is 25.8 Å². The molecule has 82 valence electrons. The van der Waals surface area contributed by atoms with Gasteiger partial charge in [-0.15, -0.1) is 0 Å². The van der Waals surface area contributed by atoms with Crippen LogP contribution in [-0.2, 0) is 6.54 Å². The van der Waals surface area contributed by atoms with E-state index in [1.54, 1.807) is 0 Å². The van der Waals surface area contributed by atoms with Gasteiger partial charge in [-0.25, -0.2) is 0 Å². The van der Waals surface area contributed by atoms with E-state index < -0.39 is 0 Å². The zero-order chi connectivity index (χ0) is 10.5. The molecule has 1 aliphatic rings. The van der Waals surface area contributed by atoms with Crippen molar-refractivity contribution in [3.05, 3.63) is 29.8 Å². The molecule has 2 rings (SSSR count). The van der Waals surface area contributed by atoms with Gasteiger partial charge in [0.2, 0.25) is 0 Å². The molecule has 1 aliphatic carbocycles. The monoisotopic (exact) mass is 205 g/mol. The van der Waals surface area contributed by atoms with Crippen molar-refractivity contribution in [3.63, 3.8) is 0 Å². The smallest absolute Gasteiger partial charge is 0.119 e. The number of ether oxygens (including phenoxy) is 1. The van der Waals surface area contributed by atoms with E-state index in [0.717, 1.165) is 24.8 Å². The molecule has 1 N–H and O–H groups in total. The fourth-order valence-electron chi connectivity index (χ4n) is 1.66. The molecule has 1 aromatic rings. The van der Waals surface area contributed by atoms with Crippen LogP contribution in [-0.4, -0.2) is 13.7 Å². The van der Waals surface area contributed by atoms with E-state index in [1.165, 1.54) is 24.8 Å². The minimum Gasteiger partial charge on any atom is -0.494 e. The Morgan fingerprint density at radius 2 is 2.00 bits per heavy atom. The molecule has 0 atom stereocenters. The van der Waals surface area contributed by atoms with Crippen LogP contribution in [0.5, 0.6) is 5.75 Å². The highest BCUT2D eigenvalue weighted by Crippen LogP contribution is 2.32. The standard InChI is InChI=1S/C13H19NO/c1-14-10-12-4-6-13(7-5-12)15-9-8-11-2-3-11/h4-7,11,14H,2-3,8-10H2,1H3. The summed E-state index contributed by atoms with van der Waals surface area (Å²) in [5.74, 6) is 1.95. The second-order valence-corrected chi connectivity index (χ2v) is 4.25. The van der Waals surface area contributed by atoms with E-state index in [4.69, 9.17) is 4.74 Å². The van der Waals surface area contributed by atoms with Crippen LogP contribution >= 0.6 is 0 Å². The highest BCUT2D eigenvalue weighted by Gasteiger charge is 2.20. The molecule has 2 nitrogen and oxygen atoms in total. The van der Waals surface area contributed by atoms with Crippen LogP contribution in [0.2, 0.25) is 0 Å². The fourth-order valence-corrected chi connectivity index (χ4v) is 1.66. The molecule has 0 aliphatic heterocycles. The third kappa shape index (κ3) is 3.56. The first-order valence-corrected chi connectivity index (χ1v) is 5.75. The van der Waals surface area contributed by atoms with Gasteiger partial charge >= 0.3 is 0 Å². The SMILES string of the molecule is CNCc1ccc(OCCC2CC2)cc1. The van der Waals surface area contributed by atoms with E-state index in [2.05, 4.69) is 29.6 Å². The average Bonchev–Trinajstić information content (AvgIpc) is 3.05. The Balaban J connectivity index is 1.75. The number of hydrogen-bond acceptors (Lipinski definition) is 2. The summed E-state index contributed by atoms with van der Waals surface area (Å²) >= 11 is 0. The molecule has 0 radical (unpaired) electrons. The minimum atomic E-state index is 0.871. The van der Waals surface area contributed by atoms with Crippen LogP contribution in [0.3, 0.4) is 0 Å². The Bertz CT molecular complexity index is 290. The lowest BCUT2D eigenvalue weighted by atomic mass is 10.2. The molecular formula is C13H19NO. The van der Waals surface area contributed by atoms with E-state index in [9.17, 15) is 0 Å². The number of rotatable bonds is 6. The van der Waals surface area contributed by atoms with Crippen LogP contribution in [0.1, 0.15) is 24.8 Å². The Morgan fingerprint density at radius 1 is 1.27 bits per heavy atom. The summed E-state index contributed by atoms with van der Waals surface area (Å²) in [6.07, 6.45) is 4.03. The molecule has 0 bridgehead atoms. The van der Waals surface area contributed by atoms with Gasteiger partial charge in [0.15, 0.2) is 0 Å². The largest absolute Gasteiger partial charge is 0.494 e. The normalized spacial score (nSPS) is 15.3. The lowest BCUT2D eigenvalue weighted by Gasteiger charge is -2.06.